The van der Waals surface area contributed by atoms with E-state index < -0.39 is 15.4 Å². The number of halogens is 1. The first-order valence-electron chi connectivity index (χ1n) is 6.95. The lowest BCUT2D eigenvalue weighted by molar-refractivity contribution is -0.121. The Hall–Kier alpha value is -0.770. The number of hydrogen-bond donors (Lipinski definition) is 1. The quantitative estimate of drug-likeness (QED) is 0.802. The minimum atomic E-state index is -3.03. The summed E-state index contributed by atoms with van der Waals surface area (Å²) in [6, 6.07) is 2.00. The van der Waals surface area contributed by atoms with Crippen LogP contribution in [0.25, 0.3) is 9.88 Å². The van der Waals surface area contributed by atoms with E-state index in [-0.39, 0.29) is 23.8 Å². The number of hydrogen-bond acceptors (Lipinski definition) is 6. The largest absolute Gasteiger partial charge is 0.350 e. The highest BCUT2D eigenvalue weighted by atomic mass is 79.9. The van der Waals surface area contributed by atoms with Gasteiger partial charge in [0.25, 0.3) is 0 Å². The number of thiophene rings is 1. The van der Waals surface area contributed by atoms with Gasteiger partial charge in [-0.05, 0) is 35.3 Å². The molecule has 1 fully saturated rings. The van der Waals surface area contributed by atoms with Crippen LogP contribution >= 0.6 is 38.6 Å². The fourth-order valence-corrected chi connectivity index (χ4v) is 7.00. The molecule has 23 heavy (non-hydrogen) atoms. The van der Waals surface area contributed by atoms with Gasteiger partial charge >= 0.3 is 0 Å². The van der Waals surface area contributed by atoms with E-state index in [1.54, 1.807) is 18.3 Å². The fraction of sp³-hybridized carbons (Fsp3) is 0.429. The summed E-state index contributed by atoms with van der Waals surface area (Å²) in [5.74, 6) is -0.0383. The van der Waals surface area contributed by atoms with Gasteiger partial charge in [-0.1, -0.05) is 0 Å². The van der Waals surface area contributed by atoms with E-state index in [4.69, 9.17) is 0 Å². The molecule has 1 saturated heterocycles. The van der Waals surface area contributed by atoms with Crippen LogP contribution < -0.4 is 5.32 Å². The zero-order valence-corrected chi connectivity index (χ0v) is 16.4. The van der Waals surface area contributed by atoms with Gasteiger partial charge in [-0.2, -0.15) is 0 Å². The van der Waals surface area contributed by atoms with Crippen molar-refractivity contribution in [2.45, 2.75) is 25.3 Å². The summed E-state index contributed by atoms with van der Waals surface area (Å²) in [7, 11) is -3.03. The van der Waals surface area contributed by atoms with Crippen molar-refractivity contribution in [2.75, 3.05) is 11.5 Å². The van der Waals surface area contributed by atoms with Crippen LogP contribution in [0.2, 0.25) is 0 Å². The van der Waals surface area contributed by atoms with Crippen molar-refractivity contribution in [2.24, 2.45) is 0 Å². The summed E-state index contributed by atoms with van der Waals surface area (Å²) in [6.45, 7) is 1.78. The molecule has 0 bridgehead atoms. The molecule has 5 nitrogen and oxygen atoms in total. The lowest BCUT2D eigenvalue weighted by Crippen LogP contribution is -2.47. The van der Waals surface area contributed by atoms with Crippen LogP contribution in [0.15, 0.2) is 21.3 Å². The monoisotopic (exact) mass is 434 g/mol. The number of carbonyl (C=O) groups is 1. The second kappa shape index (κ2) is 6.27. The Balaban J connectivity index is 1.64. The van der Waals surface area contributed by atoms with Gasteiger partial charge < -0.3 is 5.32 Å². The van der Waals surface area contributed by atoms with Crippen LogP contribution in [0.5, 0.6) is 0 Å². The average molecular weight is 435 g/mol. The minimum Gasteiger partial charge on any atom is -0.350 e. The van der Waals surface area contributed by atoms with E-state index in [1.807, 2.05) is 16.8 Å². The van der Waals surface area contributed by atoms with Gasteiger partial charge in [-0.3, -0.25) is 4.79 Å². The third kappa shape index (κ3) is 4.20. The Morgan fingerprint density at radius 3 is 2.83 bits per heavy atom. The molecule has 1 N–H and O–H groups in total. The van der Waals surface area contributed by atoms with Crippen LogP contribution in [0, 0.1) is 0 Å². The smallest absolute Gasteiger partial charge is 0.226 e. The molecule has 3 heterocycles. The Morgan fingerprint density at radius 1 is 1.43 bits per heavy atom. The van der Waals surface area contributed by atoms with Crippen LogP contribution in [0.1, 0.15) is 19.0 Å². The van der Waals surface area contributed by atoms with Gasteiger partial charge in [0.05, 0.1) is 34.0 Å². The van der Waals surface area contributed by atoms with Crippen LogP contribution in [-0.2, 0) is 21.1 Å². The standard InChI is InChI=1S/C14H15BrN2O3S3/c1-14(2-3-23(19,20)8-14)17-12(18)5-10-7-22-13(16-10)11-4-9(15)6-21-11/h4,6-7H,2-3,5,8H2,1H3,(H,17,18)/t14-/m1/s1. The lowest BCUT2D eigenvalue weighted by Gasteiger charge is -2.23. The van der Waals surface area contributed by atoms with Crippen LogP contribution in [0.4, 0.5) is 0 Å². The summed E-state index contributed by atoms with van der Waals surface area (Å²) in [4.78, 5) is 17.7. The molecule has 0 saturated carbocycles. The molecule has 0 unspecified atom stereocenters. The summed E-state index contributed by atoms with van der Waals surface area (Å²) >= 11 is 6.51. The fourth-order valence-electron chi connectivity index (χ4n) is 2.58. The van der Waals surface area contributed by atoms with Gasteiger partial charge in [-0.25, -0.2) is 13.4 Å². The van der Waals surface area contributed by atoms with E-state index in [9.17, 15) is 13.2 Å². The first-order valence-corrected chi connectivity index (χ1v) is 11.3. The number of nitrogens with zero attached hydrogens (tertiary/aromatic N) is 1. The minimum absolute atomic E-state index is 0.0112. The molecular formula is C14H15BrN2O3S3. The number of amides is 1. The van der Waals surface area contributed by atoms with Crippen LogP contribution in [-0.4, -0.2) is 36.4 Å². The van der Waals surface area contributed by atoms with Crippen molar-refractivity contribution in [3.05, 3.63) is 27.0 Å². The summed E-state index contributed by atoms with van der Waals surface area (Å²) in [5, 5.41) is 7.60. The SMILES string of the molecule is C[C@@]1(NC(=O)Cc2csc(-c3cc(Br)cs3)n2)CCS(=O)(=O)C1. The molecule has 3 rings (SSSR count). The highest BCUT2D eigenvalue weighted by Crippen LogP contribution is 2.32. The summed E-state index contributed by atoms with van der Waals surface area (Å²) < 4.78 is 24.2. The second-order valence-electron chi connectivity index (χ2n) is 5.90. The number of nitrogens with one attached hydrogen (secondary N) is 1. The average Bonchev–Trinajstić information content (AvgIpc) is 3.10. The highest BCUT2D eigenvalue weighted by molar-refractivity contribution is 9.10. The van der Waals surface area contributed by atoms with Gasteiger partial charge in [0.15, 0.2) is 9.84 Å². The van der Waals surface area contributed by atoms with Gasteiger partial charge in [0, 0.05) is 15.2 Å². The molecule has 124 valence electrons. The predicted molar refractivity (Wildman–Crippen MR) is 96.6 cm³/mol. The molecule has 1 aliphatic rings. The van der Waals surface area contributed by atoms with E-state index in [2.05, 4.69) is 26.2 Å². The Bertz CT molecular complexity index is 843. The Kier molecular flexibility index (Phi) is 4.65. The molecule has 0 radical (unpaired) electrons. The Labute approximate surface area is 151 Å². The van der Waals surface area contributed by atoms with E-state index in [0.717, 1.165) is 14.4 Å². The number of rotatable bonds is 4. The maximum atomic E-state index is 12.2. The van der Waals surface area contributed by atoms with Crippen LogP contribution in [0.3, 0.4) is 0 Å². The third-order valence-corrected chi connectivity index (χ3v) is 8.27. The highest BCUT2D eigenvalue weighted by Gasteiger charge is 2.39. The number of thiazole rings is 1. The van der Waals surface area contributed by atoms with E-state index >= 15 is 0 Å². The Morgan fingerprint density at radius 2 is 2.22 bits per heavy atom. The van der Waals surface area contributed by atoms with Crippen molar-refractivity contribution in [1.82, 2.24) is 10.3 Å². The molecule has 2 aromatic rings. The molecule has 0 aliphatic carbocycles. The first kappa shape index (κ1) is 17.1. The molecule has 1 atom stereocenters. The second-order valence-corrected chi connectivity index (χ2v) is 10.8. The maximum Gasteiger partial charge on any atom is 0.226 e. The number of carbonyl (C=O) groups excluding carboxylic acids is 1. The van der Waals surface area contributed by atoms with Crippen molar-refractivity contribution >= 4 is 54.3 Å². The van der Waals surface area contributed by atoms with Crippen molar-refractivity contribution in [3.63, 3.8) is 0 Å². The summed E-state index contributed by atoms with van der Waals surface area (Å²) in [6.07, 6.45) is 0.630. The van der Waals surface area contributed by atoms with E-state index in [1.165, 1.54) is 11.3 Å². The molecule has 0 aromatic carbocycles. The molecule has 1 amide bonds. The predicted octanol–water partition coefficient (Wildman–Crippen LogP) is 2.87. The molecular weight excluding hydrogens is 420 g/mol. The van der Waals surface area contributed by atoms with Crippen molar-refractivity contribution in [1.29, 1.82) is 0 Å². The molecule has 1 aliphatic heterocycles. The zero-order chi connectivity index (χ0) is 16.7. The van der Waals surface area contributed by atoms with Gasteiger partial charge in [0.2, 0.25) is 5.91 Å². The number of aromatic nitrogens is 1. The van der Waals surface area contributed by atoms with Crippen molar-refractivity contribution in [3.8, 4) is 9.88 Å². The first-order chi connectivity index (χ1) is 10.7. The normalized spacial score (nSPS) is 23.0. The summed E-state index contributed by atoms with van der Waals surface area (Å²) in [5.41, 5.74) is 0.0457. The molecule has 2 aromatic heterocycles. The lowest BCUT2D eigenvalue weighted by atomic mass is 10.0. The zero-order valence-electron chi connectivity index (χ0n) is 12.3. The van der Waals surface area contributed by atoms with Crippen molar-refractivity contribution < 1.29 is 13.2 Å². The molecule has 0 spiro atoms. The van der Waals surface area contributed by atoms with Gasteiger partial charge in [0.1, 0.15) is 5.01 Å². The maximum absolute atomic E-state index is 12.2. The number of sulfone groups is 1. The third-order valence-electron chi connectivity index (χ3n) is 3.62. The van der Waals surface area contributed by atoms with E-state index in [0.29, 0.717) is 12.1 Å². The molecule has 9 heteroatoms. The topological polar surface area (TPSA) is 76.1 Å². The van der Waals surface area contributed by atoms with Gasteiger partial charge in [-0.15, -0.1) is 22.7 Å².